The van der Waals surface area contributed by atoms with Gasteiger partial charge in [-0.15, -0.1) is 0 Å². The number of nitrogens with one attached hydrogen (secondary N) is 1. The molecule has 0 unspecified atom stereocenters. The summed E-state index contributed by atoms with van der Waals surface area (Å²) in [5, 5.41) is 11.5. The number of amides is 1. The molecule has 0 heterocycles. The van der Waals surface area contributed by atoms with Crippen LogP contribution in [0.2, 0.25) is 0 Å². The maximum absolute atomic E-state index is 13.9. The standard InChI is InChI=1S/C15H15F2NO3/c16-8-3-4-12(17)11(5-8)13(7-1-2-7)18-14(19)9-6-10(9)15(20)21/h3-5,7,9-10,13H,1-2,6H2,(H,18,19)(H,20,21)/t9-,10+,13-/m0/s1. The van der Waals surface area contributed by atoms with Crippen molar-refractivity contribution in [2.45, 2.75) is 25.3 Å². The van der Waals surface area contributed by atoms with Crippen LogP contribution in [0.3, 0.4) is 0 Å². The van der Waals surface area contributed by atoms with E-state index >= 15 is 0 Å². The van der Waals surface area contributed by atoms with Crippen molar-refractivity contribution in [1.29, 1.82) is 0 Å². The Labute approximate surface area is 120 Å². The number of benzene rings is 1. The Morgan fingerprint density at radius 1 is 1.24 bits per heavy atom. The highest BCUT2D eigenvalue weighted by atomic mass is 19.1. The van der Waals surface area contributed by atoms with Crippen molar-refractivity contribution in [3.63, 3.8) is 0 Å². The molecule has 0 bridgehead atoms. The molecule has 1 aromatic rings. The average molecular weight is 295 g/mol. The molecule has 21 heavy (non-hydrogen) atoms. The van der Waals surface area contributed by atoms with Crippen molar-refractivity contribution in [3.8, 4) is 0 Å². The van der Waals surface area contributed by atoms with Gasteiger partial charge in [0.2, 0.25) is 5.91 Å². The fraction of sp³-hybridized carbons (Fsp3) is 0.467. The monoisotopic (exact) mass is 295 g/mol. The predicted molar refractivity (Wildman–Crippen MR) is 69.2 cm³/mol. The Hall–Kier alpha value is -1.98. The zero-order valence-electron chi connectivity index (χ0n) is 11.2. The normalized spacial score (nSPS) is 25.2. The molecule has 0 spiro atoms. The van der Waals surface area contributed by atoms with Gasteiger partial charge in [-0.25, -0.2) is 8.78 Å². The third-order valence-corrected chi connectivity index (χ3v) is 4.13. The Balaban J connectivity index is 1.75. The molecule has 0 aromatic heterocycles. The van der Waals surface area contributed by atoms with Crippen LogP contribution < -0.4 is 5.32 Å². The van der Waals surface area contributed by atoms with E-state index in [1.165, 1.54) is 0 Å². The van der Waals surface area contributed by atoms with E-state index in [2.05, 4.69) is 5.32 Å². The van der Waals surface area contributed by atoms with Crippen LogP contribution in [0.15, 0.2) is 18.2 Å². The quantitative estimate of drug-likeness (QED) is 0.875. The maximum atomic E-state index is 13.9. The van der Waals surface area contributed by atoms with Crippen LogP contribution in [0.5, 0.6) is 0 Å². The van der Waals surface area contributed by atoms with Gasteiger partial charge in [0.05, 0.1) is 17.9 Å². The molecule has 112 valence electrons. The Bertz CT molecular complexity index is 601. The number of halogens is 2. The molecular weight excluding hydrogens is 280 g/mol. The lowest BCUT2D eigenvalue weighted by Crippen LogP contribution is -2.32. The lowest BCUT2D eigenvalue weighted by atomic mass is 10.0. The van der Waals surface area contributed by atoms with E-state index in [9.17, 15) is 18.4 Å². The number of carboxylic acids is 1. The van der Waals surface area contributed by atoms with Crippen molar-refractivity contribution >= 4 is 11.9 Å². The van der Waals surface area contributed by atoms with E-state index in [1.807, 2.05) is 0 Å². The van der Waals surface area contributed by atoms with Crippen molar-refractivity contribution in [2.24, 2.45) is 17.8 Å². The fourth-order valence-electron chi connectivity index (χ4n) is 2.65. The summed E-state index contributed by atoms with van der Waals surface area (Å²) in [6.45, 7) is 0. The van der Waals surface area contributed by atoms with E-state index in [4.69, 9.17) is 5.11 Å². The molecule has 2 fully saturated rings. The largest absolute Gasteiger partial charge is 0.481 e. The molecule has 4 nitrogen and oxygen atoms in total. The first-order chi connectivity index (χ1) is 9.97. The summed E-state index contributed by atoms with van der Waals surface area (Å²) in [6, 6.07) is 2.60. The van der Waals surface area contributed by atoms with Gasteiger partial charge in [0.15, 0.2) is 0 Å². The minimum atomic E-state index is -0.991. The van der Waals surface area contributed by atoms with E-state index in [1.54, 1.807) is 0 Å². The molecule has 2 aliphatic rings. The number of aliphatic carboxylic acids is 1. The molecule has 2 aliphatic carbocycles. The van der Waals surface area contributed by atoms with Gasteiger partial charge in [0.25, 0.3) is 0 Å². The number of rotatable bonds is 5. The average Bonchev–Trinajstić information content (AvgIpc) is 3.29. The summed E-state index contributed by atoms with van der Waals surface area (Å²) in [5.41, 5.74) is 0.137. The van der Waals surface area contributed by atoms with Gasteiger partial charge in [-0.1, -0.05) is 0 Å². The summed E-state index contributed by atoms with van der Waals surface area (Å²) in [5.74, 6) is -3.60. The Kier molecular flexibility index (Phi) is 3.39. The molecule has 3 atom stereocenters. The van der Waals surface area contributed by atoms with Gasteiger partial charge in [-0.3, -0.25) is 9.59 Å². The van der Waals surface area contributed by atoms with Crippen LogP contribution in [-0.4, -0.2) is 17.0 Å². The number of carbonyl (C=O) groups is 2. The molecule has 0 radical (unpaired) electrons. The number of hydrogen-bond donors (Lipinski definition) is 2. The first-order valence-corrected chi connectivity index (χ1v) is 6.95. The van der Waals surface area contributed by atoms with Gasteiger partial charge in [-0.2, -0.15) is 0 Å². The predicted octanol–water partition coefficient (Wildman–Crippen LogP) is 2.25. The van der Waals surface area contributed by atoms with E-state index in [-0.39, 0.29) is 17.4 Å². The molecule has 2 N–H and O–H groups in total. The summed E-state index contributed by atoms with van der Waals surface area (Å²) in [6.07, 6.45) is 1.99. The number of carboxylic acid groups (broad SMARTS) is 1. The molecule has 6 heteroatoms. The molecule has 2 saturated carbocycles. The highest BCUT2D eigenvalue weighted by Gasteiger charge is 2.49. The van der Waals surface area contributed by atoms with E-state index in [0.717, 1.165) is 31.0 Å². The third kappa shape index (κ3) is 2.89. The van der Waals surface area contributed by atoms with Crippen LogP contribution >= 0.6 is 0 Å². The first-order valence-electron chi connectivity index (χ1n) is 6.95. The second-order valence-electron chi connectivity index (χ2n) is 5.78. The molecule has 0 aliphatic heterocycles. The van der Waals surface area contributed by atoms with E-state index in [0.29, 0.717) is 6.42 Å². The summed E-state index contributed by atoms with van der Waals surface area (Å²) >= 11 is 0. The third-order valence-electron chi connectivity index (χ3n) is 4.13. The van der Waals surface area contributed by atoms with Crippen molar-refractivity contribution in [2.75, 3.05) is 0 Å². The van der Waals surface area contributed by atoms with Gasteiger partial charge >= 0.3 is 5.97 Å². The summed E-state index contributed by atoms with van der Waals surface area (Å²) < 4.78 is 27.2. The Morgan fingerprint density at radius 3 is 2.52 bits per heavy atom. The molecular formula is C15H15F2NO3. The topological polar surface area (TPSA) is 66.4 Å². The number of carbonyl (C=O) groups excluding carboxylic acids is 1. The van der Waals surface area contributed by atoms with Gasteiger partial charge in [0.1, 0.15) is 11.6 Å². The molecule has 1 amide bonds. The van der Waals surface area contributed by atoms with Crippen LogP contribution in [0, 0.1) is 29.4 Å². The highest BCUT2D eigenvalue weighted by Crippen LogP contribution is 2.44. The molecule has 0 saturated heterocycles. The summed E-state index contributed by atoms with van der Waals surface area (Å²) in [7, 11) is 0. The van der Waals surface area contributed by atoms with Crippen molar-refractivity contribution < 1.29 is 23.5 Å². The zero-order chi connectivity index (χ0) is 15.1. The highest BCUT2D eigenvalue weighted by molar-refractivity contribution is 5.89. The zero-order valence-corrected chi connectivity index (χ0v) is 11.2. The smallest absolute Gasteiger partial charge is 0.307 e. The van der Waals surface area contributed by atoms with Crippen LogP contribution in [0.4, 0.5) is 8.78 Å². The lowest BCUT2D eigenvalue weighted by Gasteiger charge is -2.19. The number of hydrogen-bond acceptors (Lipinski definition) is 2. The van der Waals surface area contributed by atoms with Gasteiger partial charge < -0.3 is 10.4 Å². The second kappa shape index (κ2) is 5.09. The van der Waals surface area contributed by atoms with Gasteiger partial charge in [-0.05, 0) is 43.4 Å². The van der Waals surface area contributed by atoms with Crippen LogP contribution in [0.1, 0.15) is 30.9 Å². The summed E-state index contributed by atoms with van der Waals surface area (Å²) in [4.78, 5) is 22.8. The van der Waals surface area contributed by atoms with Crippen LogP contribution in [0.25, 0.3) is 0 Å². The minimum absolute atomic E-state index is 0.0901. The lowest BCUT2D eigenvalue weighted by molar-refractivity contribution is -0.140. The SMILES string of the molecule is O=C(N[C@H](c1cc(F)ccc1F)C1CC1)[C@H]1C[C@H]1C(=O)O. The molecule has 3 rings (SSSR count). The van der Waals surface area contributed by atoms with Crippen molar-refractivity contribution in [3.05, 3.63) is 35.4 Å². The van der Waals surface area contributed by atoms with Gasteiger partial charge in [0, 0.05) is 5.56 Å². The fourth-order valence-corrected chi connectivity index (χ4v) is 2.65. The first kappa shape index (κ1) is 14.0. The van der Waals surface area contributed by atoms with E-state index < -0.39 is 35.5 Å². The van der Waals surface area contributed by atoms with Crippen molar-refractivity contribution in [1.82, 2.24) is 5.32 Å². The van der Waals surface area contributed by atoms with Crippen LogP contribution in [-0.2, 0) is 9.59 Å². The minimum Gasteiger partial charge on any atom is -0.481 e. The molecule has 1 aromatic carbocycles. The maximum Gasteiger partial charge on any atom is 0.307 e. The second-order valence-corrected chi connectivity index (χ2v) is 5.78. The Morgan fingerprint density at radius 2 is 1.95 bits per heavy atom.